The molecule has 21 heavy (non-hydrogen) atoms. The van der Waals surface area contributed by atoms with E-state index in [-0.39, 0.29) is 23.0 Å². The maximum Gasteiger partial charge on any atom is 0.322 e. The van der Waals surface area contributed by atoms with E-state index in [0.717, 1.165) is 12.8 Å². The summed E-state index contributed by atoms with van der Waals surface area (Å²) >= 11 is 3.06. The van der Waals surface area contributed by atoms with Gasteiger partial charge in [-0.25, -0.2) is 9.18 Å². The summed E-state index contributed by atoms with van der Waals surface area (Å²) < 4.78 is 13.4. The number of benzene rings is 1. The highest BCUT2D eigenvalue weighted by molar-refractivity contribution is 9.10. The van der Waals surface area contributed by atoms with Crippen LogP contribution < -0.4 is 5.32 Å². The zero-order valence-corrected chi connectivity index (χ0v) is 12.9. The minimum atomic E-state index is -0.913. The molecule has 0 aliphatic carbocycles. The van der Waals surface area contributed by atoms with Crippen LogP contribution >= 0.6 is 15.9 Å². The molecule has 1 fully saturated rings. The number of urea groups is 1. The lowest BCUT2D eigenvalue weighted by Gasteiger charge is -2.34. The Kier molecular flexibility index (Phi) is 5.17. The van der Waals surface area contributed by atoms with Gasteiger partial charge < -0.3 is 15.3 Å². The van der Waals surface area contributed by atoms with Gasteiger partial charge >= 0.3 is 12.0 Å². The van der Waals surface area contributed by atoms with Crippen LogP contribution in [0.2, 0.25) is 0 Å². The first-order valence-electron chi connectivity index (χ1n) is 6.72. The molecule has 2 N–H and O–H groups in total. The number of carbonyl (C=O) groups excluding carboxylic acids is 1. The summed E-state index contributed by atoms with van der Waals surface area (Å²) in [5.74, 6) is -1.32. The second-order valence-corrected chi connectivity index (χ2v) is 5.85. The smallest absolute Gasteiger partial charge is 0.322 e. The van der Waals surface area contributed by atoms with Gasteiger partial charge in [-0.05, 0) is 53.4 Å². The molecular formula is C14H16BrFN2O3. The van der Waals surface area contributed by atoms with Crippen molar-refractivity contribution in [2.75, 3.05) is 11.9 Å². The summed E-state index contributed by atoms with van der Waals surface area (Å²) in [5, 5.41) is 11.6. The van der Waals surface area contributed by atoms with E-state index in [1.807, 2.05) is 0 Å². The Hall–Kier alpha value is -1.63. The second-order valence-electron chi connectivity index (χ2n) is 5.00. The fourth-order valence-electron chi connectivity index (χ4n) is 2.45. The maximum atomic E-state index is 13.2. The van der Waals surface area contributed by atoms with Crippen LogP contribution in [0.3, 0.4) is 0 Å². The summed E-state index contributed by atoms with van der Waals surface area (Å²) in [5.41, 5.74) is 0.466. The Balaban J connectivity index is 2.06. The van der Waals surface area contributed by atoms with Crippen LogP contribution in [0, 0.1) is 5.82 Å². The van der Waals surface area contributed by atoms with Gasteiger partial charge in [0.05, 0.1) is 10.9 Å². The summed E-state index contributed by atoms with van der Waals surface area (Å²) in [4.78, 5) is 24.7. The average molecular weight is 359 g/mol. The zero-order chi connectivity index (χ0) is 15.4. The number of carbonyl (C=O) groups is 2. The van der Waals surface area contributed by atoms with Crippen molar-refractivity contribution in [2.24, 2.45) is 0 Å². The fourth-order valence-corrected chi connectivity index (χ4v) is 2.83. The Morgan fingerprint density at radius 3 is 2.86 bits per heavy atom. The third-order valence-electron chi connectivity index (χ3n) is 3.47. The van der Waals surface area contributed by atoms with Gasteiger partial charge in [0.25, 0.3) is 0 Å². The molecule has 1 saturated heterocycles. The average Bonchev–Trinajstić information content (AvgIpc) is 2.43. The van der Waals surface area contributed by atoms with Gasteiger partial charge in [0.15, 0.2) is 0 Å². The number of rotatable bonds is 3. The molecule has 0 spiro atoms. The first-order chi connectivity index (χ1) is 9.97. The predicted octanol–water partition coefficient (Wildman–Crippen LogP) is 3.45. The lowest BCUT2D eigenvalue weighted by Crippen LogP contribution is -2.46. The van der Waals surface area contributed by atoms with Crippen LogP contribution in [0.1, 0.15) is 25.7 Å². The molecule has 1 aliphatic heterocycles. The summed E-state index contributed by atoms with van der Waals surface area (Å²) in [6.07, 6.45) is 2.41. The molecule has 1 heterocycles. The number of nitrogens with one attached hydrogen (secondary N) is 1. The number of amides is 2. The summed E-state index contributed by atoms with van der Waals surface area (Å²) in [6.45, 7) is 0.534. The lowest BCUT2D eigenvalue weighted by atomic mass is 10.00. The second kappa shape index (κ2) is 6.89. The predicted molar refractivity (Wildman–Crippen MR) is 79.7 cm³/mol. The minimum absolute atomic E-state index is 0.0550. The van der Waals surface area contributed by atoms with Gasteiger partial charge in [-0.2, -0.15) is 0 Å². The SMILES string of the molecule is O=C(O)CC1CCCCN1C(=O)Nc1ccc(F)c(Br)c1. The monoisotopic (exact) mass is 358 g/mol. The molecule has 0 aromatic heterocycles. The zero-order valence-electron chi connectivity index (χ0n) is 11.3. The fraction of sp³-hybridized carbons (Fsp3) is 0.429. The Morgan fingerprint density at radius 1 is 1.43 bits per heavy atom. The highest BCUT2D eigenvalue weighted by atomic mass is 79.9. The molecule has 114 valence electrons. The topological polar surface area (TPSA) is 69.6 Å². The standard InChI is InChI=1S/C14H16BrFN2O3/c15-11-7-9(4-5-12(11)16)17-14(21)18-6-2-1-3-10(18)8-13(19)20/h4-5,7,10H,1-3,6,8H2,(H,17,21)(H,19,20). The first kappa shape index (κ1) is 15.8. The first-order valence-corrected chi connectivity index (χ1v) is 7.51. The molecule has 1 unspecified atom stereocenters. The third kappa shape index (κ3) is 4.17. The van der Waals surface area contributed by atoms with Crippen molar-refractivity contribution < 1.29 is 19.1 Å². The Bertz CT molecular complexity index is 553. The number of hydrogen-bond acceptors (Lipinski definition) is 2. The van der Waals surface area contributed by atoms with Crippen LogP contribution in [0.15, 0.2) is 22.7 Å². The Morgan fingerprint density at radius 2 is 2.19 bits per heavy atom. The van der Waals surface area contributed by atoms with Crippen molar-refractivity contribution in [1.29, 1.82) is 0 Å². The molecule has 7 heteroatoms. The number of hydrogen-bond donors (Lipinski definition) is 2. The number of carboxylic acid groups (broad SMARTS) is 1. The van der Waals surface area contributed by atoms with Crippen molar-refractivity contribution in [2.45, 2.75) is 31.7 Å². The highest BCUT2D eigenvalue weighted by Gasteiger charge is 2.28. The summed E-state index contributed by atoms with van der Waals surface area (Å²) in [6, 6.07) is 3.56. The van der Waals surface area contributed by atoms with Crippen molar-refractivity contribution in [3.8, 4) is 0 Å². The molecule has 0 saturated carbocycles. The van der Waals surface area contributed by atoms with E-state index in [1.165, 1.54) is 18.2 Å². The third-order valence-corrected chi connectivity index (χ3v) is 4.08. The highest BCUT2D eigenvalue weighted by Crippen LogP contribution is 2.23. The van der Waals surface area contributed by atoms with Crippen molar-refractivity contribution in [3.63, 3.8) is 0 Å². The van der Waals surface area contributed by atoms with Gasteiger partial charge in [0.1, 0.15) is 5.82 Å². The van der Waals surface area contributed by atoms with E-state index in [0.29, 0.717) is 18.7 Å². The van der Waals surface area contributed by atoms with Crippen LogP contribution in [0.5, 0.6) is 0 Å². The molecule has 0 radical (unpaired) electrons. The molecule has 1 aromatic carbocycles. The van der Waals surface area contributed by atoms with Gasteiger partial charge in [0.2, 0.25) is 0 Å². The van der Waals surface area contributed by atoms with E-state index in [9.17, 15) is 14.0 Å². The lowest BCUT2D eigenvalue weighted by molar-refractivity contribution is -0.138. The number of anilines is 1. The van der Waals surface area contributed by atoms with Gasteiger partial charge in [-0.3, -0.25) is 4.79 Å². The van der Waals surface area contributed by atoms with Crippen molar-refractivity contribution in [1.82, 2.24) is 4.90 Å². The molecule has 2 amide bonds. The largest absolute Gasteiger partial charge is 0.481 e. The van der Waals surface area contributed by atoms with E-state index < -0.39 is 11.8 Å². The van der Waals surface area contributed by atoms with Crippen molar-refractivity contribution >= 4 is 33.6 Å². The van der Waals surface area contributed by atoms with Crippen LogP contribution in [-0.2, 0) is 4.79 Å². The molecule has 1 atom stereocenters. The molecular weight excluding hydrogens is 343 g/mol. The number of aliphatic carboxylic acids is 1. The number of likely N-dealkylation sites (tertiary alicyclic amines) is 1. The van der Waals surface area contributed by atoms with Gasteiger partial charge in [-0.15, -0.1) is 0 Å². The summed E-state index contributed by atoms with van der Waals surface area (Å²) in [7, 11) is 0. The minimum Gasteiger partial charge on any atom is -0.481 e. The number of carboxylic acids is 1. The van der Waals surface area contributed by atoms with E-state index in [1.54, 1.807) is 4.90 Å². The molecule has 2 rings (SSSR count). The van der Waals surface area contributed by atoms with Crippen molar-refractivity contribution in [3.05, 3.63) is 28.5 Å². The number of piperidine rings is 1. The molecule has 1 aliphatic rings. The maximum absolute atomic E-state index is 13.2. The normalized spacial score (nSPS) is 18.4. The van der Waals surface area contributed by atoms with Crippen LogP contribution in [0.4, 0.5) is 14.9 Å². The Labute approximate surface area is 130 Å². The van der Waals surface area contributed by atoms with E-state index in [2.05, 4.69) is 21.2 Å². The molecule has 0 bridgehead atoms. The molecule has 1 aromatic rings. The van der Waals surface area contributed by atoms with Crippen LogP contribution in [-0.4, -0.2) is 34.6 Å². The van der Waals surface area contributed by atoms with Crippen LogP contribution in [0.25, 0.3) is 0 Å². The van der Waals surface area contributed by atoms with Gasteiger partial charge in [0, 0.05) is 18.3 Å². The number of nitrogens with zero attached hydrogens (tertiary/aromatic N) is 1. The van der Waals surface area contributed by atoms with E-state index in [4.69, 9.17) is 5.11 Å². The molecule has 5 nitrogen and oxygen atoms in total. The van der Waals surface area contributed by atoms with Gasteiger partial charge in [-0.1, -0.05) is 0 Å². The quantitative estimate of drug-likeness (QED) is 0.869. The number of halogens is 2. The van der Waals surface area contributed by atoms with E-state index >= 15 is 0 Å².